The van der Waals surface area contributed by atoms with E-state index in [1.54, 1.807) is 17.0 Å². The van der Waals surface area contributed by atoms with E-state index >= 15 is 0 Å². The molecule has 1 aliphatic carbocycles. The summed E-state index contributed by atoms with van der Waals surface area (Å²) in [5, 5.41) is 9.53. The normalized spacial score (nSPS) is 23.1. The predicted molar refractivity (Wildman–Crippen MR) is 162 cm³/mol. The van der Waals surface area contributed by atoms with Crippen LogP contribution in [0.15, 0.2) is 30.9 Å². The molecule has 2 aromatic rings. The molecule has 2 atom stereocenters. The van der Waals surface area contributed by atoms with Gasteiger partial charge >= 0.3 is 0 Å². The molecule has 0 N–H and O–H groups in total. The number of anilines is 3. The number of aryl methyl sites for hydroxylation is 1. The second-order valence-electron chi connectivity index (χ2n) is 12.7. The third kappa shape index (κ3) is 5.08. The van der Waals surface area contributed by atoms with Gasteiger partial charge in [-0.05, 0) is 70.5 Å². The van der Waals surface area contributed by atoms with E-state index in [1.807, 2.05) is 6.07 Å². The van der Waals surface area contributed by atoms with Gasteiger partial charge in [0, 0.05) is 63.0 Å². The molecule has 2 unspecified atom stereocenters. The van der Waals surface area contributed by atoms with Gasteiger partial charge < -0.3 is 24.5 Å². The first-order valence-corrected chi connectivity index (χ1v) is 15.1. The standard InChI is InChI=1S/C32H41FN8O/c1-5-29(42)41-16-15-38(19-25(41)12-13-34)30-26-11-10-24(40-14-6-7-22-8-9-23(33)17-28(22)40)18-27(26)35-31(36-30)39-20-32(2,21-39)37(3)4/h5,8-9,17,24-25H,1,6-7,10-12,14-16,18-21H2,2-4H3. The van der Waals surface area contributed by atoms with Crippen LogP contribution in [0.1, 0.15) is 43.0 Å². The van der Waals surface area contributed by atoms with E-state index in [4.69, 9.17) is 9.97 Å². The van der Waals surface area contributed by atoms with Crippen LogP contribution in [0.25, 0.3) is 0 Å². The maximum atomic E-state index is 14.3. The zero-order chi connectivity index (χ0) is 29.6. The molecule has 2 saturated heterocycles. The zero-order valence-corrected chi connectivity index (χ0v) is 25.0. The Kier molecular flexibility index (Phi) is 7.56. The minimum Gasteiger partial charge on any atom is -0.368 e. The number of halogens is 1. The number of piperazine rings is 1. The van der Waals surface area contributed by atoms with Gasteiger partial charge in [0.05, 0.1) is 29.8 Å². The average molecular weight is 573 g/mol. The average Bonchev–Trinajstić information content (AvgIpc) is 2.97. The molecule has 1 aromatic heterocycles. The molecule has 4 aliphatic rings. The van der Waals surface area contributed by atoms with Gasteiger partial charge in [0.25, 0.3) is 0 Å². The van der Waals surface area contributed by atoms with E-state index in [0.717, 1.165) is 74.9 Å². The fourth-order valence-electron chi connectivity index (χ4n) is 7.13. The van der Waals surface area contributed by atoms with Crippen molar-refractivity contribution in [1.82, 2.24) is 19.8 Å². The molecule has 0 saturated carbocycles. The van der Waals surface area contributed by atoms with Gasteiger partial charge in [-0.3, -0.25) is 4.79 Å². The highest BCUT2D eigenvalue weighted by atomic mass is 19.1. The highest BCUT2D eigenvalue weighted by Crippen LogP contribution is 2.38. The second-order valence-corrected chi connectivity index (χ2v) is 12.7. The maximum Gasteiger partial charge on any atom is 0.246 e. The van der Waals surface area contributed by atoms with E-state index in [1.165, 1.54) is 17.2 Å². The Morgan fingerprint density at radius 1 is 1.21 bits per heavy atom. The Balaban J connectivity index is 1.33. The molecule has 0 bridgehead atoms. The van der Waals surface area contributed by atoms with E-state index in [2.05, 4.69) is 53.3 Å². The summed E-state index contributed by atoms with van der Waals surface area (Å²) in [4.78, 5) is 33.8. The smallest absolute Gasteiger partial charge is 0.246 e. The Bertz CT molecular complexity index is 1410. The second kappa shape index (κ2) is 11.2. The number of rotatable bonds is 6. The monoisotopic (exact) mass is 572 g/mol. The quantitative estimate of drug-likeness (QED) is 0.489. The molecule has 2 fully saturated rings. The third-order valence-electron chi connectivity index (χ3n) is 9.85. The largest absolute Gasteiger partial charge is 0.368 e. The summed E-state index contributed by atoms with van der Waals surface area (Å²) in [7, 11) is 4.22. The number of fused-ring (bicyclic) bond motifs is 2. The minimum absolute atomic E-state index is 0.0676. The van der Waals surface area contributed by atoms with E-state index in [9.17, 15) is 14.4 Å². The van der Waals surface area contributed by atoms with Gasteiger partial charge in [-0.1, -0.05) is 12.6 Å². The molecule has 4 heterocycles. The van der Waals surface area contributed by atoms with Gasteiger partial charge in [0.2, 0.25) is 11.9 Å². The molecule has 1 aromatic carbocycles. The molecule has 10 heteroatoms. The Morgan fingerprint density at radius 3 is 2.76 bits per heavy atom. The van der Waals surface area contributed by atoms with Crippen LogP contribution < -0.4 is 14.7 Å². The predicted octanol–water partition coefficient (Wildman–Crippen LogP) is 3.18. The summed E-state index contributed by atoms with van der Waals surface area (Å²) < 4.78 is 14.3. The molecule has 9 nitrogen and oxygen atoms in total. The van der Waals surface area contributed by atoms with Crippen molar-refractivity contribution < 1.29 is 9.18 Å². The van der Waals surface area contributed by atoms with E-state index in [-0.39, 0.29) is 35.8 Å². The Morgan fingerprint density at radius 2 is 2.02 bits per heavy atom. The number of nitrogens with zero attached hydrogens (tertiary/aromatic N) is 8. The first kappa shape index (κ1) is 28.4. The van der Waals surface area contributed by atoms with Crippen molar-refractivity contribution in [2.45, 2.75) is 63.1 Å². The number of hydrogen-bond donors (Lipinski definition) is 0. The number of aromatic nitrogens is 2. The number of likely N-dealkylation sites (N-methyl/N-ethyl adjacent to an activating group) is 1. The molecule has 42 heavy (non-hydrogen) atoms. The van der Waals surface area contributed by atoms with Gasteiger partial charge in [-0.25, -0.2) is 9.37 Å². The van der Waals surface area contributed by atoms with Gasteiger partial charge in [0.15, 0.2) is 0 Å². The van der Waals surface area contributed by atoms with Crippen molar-refractivity contribution in [3.63, 3.8) is 0 Å². The molecule has 6 rings (SSSR count). The number of carbonyl (C=O) groups is 1. The topological polar surface area (TPSA) is 82.8 Å². The number of hydrogen-bond acceptors (Lipinski definition) is 8. The van der Waals surface area contributed by atoms with Crippen LogP contribution >= 0.6 is 0 Å². The lowest BCUT2D eigenvalue weighted by atomic mass is 9.88. The van der Waals surface area contributed by atoms with Gasteiger partial charge in [-0.2, -0.15) is 10.2 Å². The molecule has 0 radical (unpaired) electrons. The van der Waals surface area contributed by atoms with Crippen molar-refractivity contribution in [3.05, 3.63) is 53.5 Å². The lowest BCUT2D eigenvalue weighted by molar-refractivity contribution is -0.128. The minimum atomic E-state index is -0.222. The molecular formula is C32H41FN8O. The molecule has 222 valence electrons. The number of nitriles is 1. The van der Waals surface area contributed by atoms with Crippen molar-refractivity contribution in [2.24, 2.45) is 0 Å². The van der Waals surface area contributed by atoms with Crippen molar-refractivity contribution >= 4 is 23.4 Å². The first-order valence-electron chi connectivity index (χ1n) is 15.1. The first-order chi connectivity index (χ1) is 20.2. The highest BCUT2D eigenvalue weighted by molar-refractivity contribution is 5.87. The summed E-state index contributed by atoms with van der Waals surface area (Å²) in [6.07, 6.45) is 6.20. The van der Waals surface area contributed by atoms with Crippen LogP contribution in [-0.4, -0.2) is 96.7 Å². The lowest BCUT2D eigenvalue weighted by Crippen LogP contribution is -2.67. The van der Waals surface area contributed by atoms with Crippen LogP contribution in [0.4, 0.5) is 21.8 Å². The fourth-order valence-corrected chi connectivity index (χ4v) is 7.13. The summed E-state index contributed by atoms with van der Waals surface area (Å²) in [5.74, 6) is 1.36. The fraction of sp³-hybridized carbons (Fsp3) is 0.562. The molecule has 0 spiro atoms. The van der Waals surface area contributed by atoms with Crippen molar-refractivity contribution in [2.75, 3.05) is 68.1 Å². The SMILES string of the molecule is C=CC(=O)N1CCN(c2nc(N3CC(C)(N(C)C)C3)nc3c2CCC(N2CCCc4ccc(F)cc42)C3)CC1CC#N. The van der Waals surface area contributed by atoms with Crippen LogP contribution in [0.2, 0.25) is 0 Å². The van der Waals surface area contributed by atoms with E-state index < -0.39 is 0 Å². The number of carbonyl (C=O) groups excluding carboxylic acids is 1. The molecular weight excluding hydrogens is 531 g/mol. The van der Waals surface area contributed by atoms with Crippen LogP contribution in [0, 0.1) is 17.1 Å². The van der Waals surface area contributed by atoms with Crippen LogP contribution in [0.5, 0.6) is 0 Å². The zero-order valence-electron chi connectivity index (χ0n) is 25.0. The van der Waals surface area contributed by atoms with Crippen molar-refractivity contribution in [3.8, 4) is 6.07 Å². The number of amides is 1. The highest BCUT2D eigenvalue weighted by Gasteiger charge is 2.43. The Labute approximate surface area is 248 Å². The molecule has 1 amide bonds. The Hall–Kier alpha value is -3.71. The van der Waals surface area contributed by atoms with Crippen molar-refractivity contribution in [1.29, 1.82) is 5.26 Å². The maximum absolute atomic E-state index is 14.3. The van der Waals surface area contributed by atoms with Gasteiger partial charge in [-0.15, -0.1) is 0 Å². The summed E-state index contributed by atoms with van der Waals surface area (Å²) in [6, 6.07) is 7.49. The summed E-state index contributed by atoms with van der Waals surface area (Å²) in [5.41, 5.74) is 4.54. The lowest BCUT2D eigenvalue weighted by Gasteiger charge is -2.52. The summed E-state index contributed by atoms with van der Waals surface area (Å²) >= 11 is 0. The summed E-state index contributed by atoms with van der Waals surface area (Å²) in [6.45, 7) is 10.2. The van der Waals surface area contributed by atoms with Crippen LogP contribution in [-0.2, 0) is 24.1 Å². The molecule has 3 aliphatic heterocycles. The number of benzene rings is 1. The van der Waals surface area contributed by atoms with Gasteiger partial charge in [0.1, 0.15) is 11.6 Å². The third-order valence-corrected chi connectivity index (χ3v) is 9.85. The van der Waals surface area contributed by atoms with Crippen LogP contribution in [0.3, 0.4) is 0 Å². The van der Waals surface area contributed by atoms with E-state index in [0.29, 0.717) is 19.6 Å².